The van der Waals surface area contributed by atoms with Gasteiger partial charge < -0.3 is 15.2 Å². The first-order valence-electron chi connectivity index (χ1n) is 7.04. The molecule has 1 heterocycles. The second-order valence-corrected chi connectivity index (χ2v) is 4.83. The monoisotopic (exact) mass is 332 g/mol. The van der Waals surface area contributed by atoms with E-state index in [0.717, 1.165) is 0 Å². The fourth-order valence-corrected chi connectivity index (χ4v) is 1.93. The molecule has 0 unspecified atom stereocenters. The Morgan fingerprint density at radius 1 is 1.29 bits per heavy atom. The van der Waals surface area contributed by atoms with Gasteiger partial charge in [0.2, 0.25) is 5.88 Å². The number of hydrogen-bond donors (Lipinski definition) is 1. The highest BCUT2D eigenvalue weighted by atomic mass is 19.1. The molecular weight excluding hydrogens is 315 g/mol. The topological polar surface area (TPSA) is 99.7 Å². The Morgan fingerprint density at radius 2 is 2.08 bits per heavy atom. The summed E-state index contributed by atoms with van der Waals surface area (Å²) in [6.07, 6.45) is 2.78. The second kappa shape index (κ2) is 8.00. The Hall–Kier alpha value is -3.03. The number of Topliss-reactive ketones (excluding diaryl/α,β-unsaturated/α-hetero) is 1. The van der Waals surface area contributed by atoms with Gasteiger partial charge in [-0.05, 0) is 11.6 Å². The van der Waals surface area contributed by atoms with Crippen molar-refractivity contribution in [3.63, 3.8) is 0 Å². The Bertz CT molecular complexity index is 747. The number of ether oxygens (including phenoxy) is 2. The minimum Gasteiger partial charge on any atom is -0.480 e. The van der Waals surface area contributed by atoms with Crippen molar-refractivity contribution in [3.8, 4) is 5.88 Å². The van der Waals surface area contributed by atoms with E-state index >= 15 is 0 Å². The molecule has 7 nitrogen and oxygen atoms in total. The van der Waals surface area contributed by atoms with Crippen LogP contribution >= 0.6 is 0 Å². The van der Waals surface area contributed by atoms with Crippen LogP contribution in [-0.4, -0.2) is 36.0 Å². The zero-order chi connectivity index (χ0) is 17.5. The number of nitrogens with two attached hydrogens (primary N) is 1. The van der Waals surface area contributed by atoms with Crippen LogP contribution in [0.25, 0.3) is 0 Å². The van der Waals surface area contributed by atoms with Crippen LogP contribution in [0, 0.1) is 5.82 Å². The van der Waals surface area contributed by atoms with Gasteiger partial charge in [0, 0.05) is 12.0 Å². The van der Waals surface area contributed by atoms with Gasteiger partial charge in [0.15, 0.2) is 5.78 Å². The third-order valence-electron chi connectivity index (χ3n) is 3.21. The predicted octanol–water partition coefficient (Wildman–Crippen LogP) is 1.51. The number of hydrogen-bond acceptors (Lipinski definition) is 6. The lowest BCUT2D eigenvalue weighted by Crippen LogP contribution is -2.14. The van der Waals surface area contributed by atoms with Gasteiger partial charge in [-0.25, -0.2) is 19.4 Å². The maximum Gasteiger partial charge on any atom is 0.281 e. The quantitative estimate of drug-likeness (QED) is 0.489. The number of benzene rings is 1. The molecular formula is C16H17FN4O3. The van der Waals surface area contributed by atoms with Gasteiger partial charge in [0.25, 0.3) is 6.02 Å². The molecule has 2 rings (SSSR count). The van der Waals surface area contributed by atoms with E-state index in [0.29, 0.717) is 17.0 Å². The van der Waals surface area contributed by atoms with Crippen LogP contribution in [0.3, 0.4) is 0 Å². The first-order chi connectivity index (χ1) is 11.5. The number of carbonyl (C=O) groups excluding carboxylic acids is 1. The molecule has 2 aromatic rings. The van der Waals surface area contributed by atoms with E-state index in [1.165, 1.54) is 38.7 Å². The number of nitrogens with zero attached hydrogens (tertiary/aromatic N) is 3. The number of ketones is 1. The molecule has 8 heteroatoms. The smallest absolute Gasteiger partial charge is 0.281 e. The fourth-order valence-electron chi connectivity index (χ4n) is 1.93. The van der Waals surface area contributed by atoms with Crippen LogP contribution in [0.5, 0.6) is 5.88 Å². The summed E-state index contributed by atoms with van der Waals surface area (Å²) in [5.74, 6) is -0.338. The van der Waals surface area contributed by atoms with Crippen LogP contribution in [-0.2, 0) is 17.7 Å². The third kappa shape index (κ3) is 4.48. The lowest BCUT2D eigenvalue weighted by molar-refractivity contribution is 0.0987. The highest BCUT2D eigenvalue weighted by Gasteiger charge is 2.11. The summed E-state index contributed by atoms with van der Waals surface area (Å²) in [6, 6.07) is 4.36. The number of rotatable bonds is 6. The van der Waals surface area contributed by atoms with Gasteiger partial charge in [-0.1, -0.05) is 12.1 Å². The minimum atomic E-state index is -0.428. The molecule has 0 saturated heterocycles. The molecule has 0 fully saturated rings. The van der Waals surface area contributed by atoms with Crippen molar-refractivity contribution < 1.29 is 18.7 Å². The normalized spacial score (nSPS) is 11.2. The number of aromatic nitrogens is 2. The van der Waals surface area contributed by atoms with E-state index in [1.807, 2.05) is 0 Å². The number of methoxy groups -OCH3 is 2. The zero-order valence-electron chi connectivity index (χ0n) is 13.3. The molecule has 1 aromatic heterocycles. The van der Waals surface area contributed by atoms with Crippen molar-refractivity contribution in [1.29, 1.82) is 0 Å². The Balaban J connectivity index is 2.12. The molecule has 1 aromatic carbocycles. The maximum absolute atomic E-state index is 13.8. The summed E-state index contributed by atoms with van der Waals surface area (Å²) in [6.45, 7) is 0.0237. The van der Waals surface area contributed by atoms with E-state index in [1.54, 1.807) is 6.07 Å². The molecule has 0 aliphatic rings. The molecule has 2 N–H and O–H groups in total. The van der Waals surface area contributed by atoms with Gasteiger partial charge in [-0.2, -0.15) is 0 Å². The minimum absolute atomic E-state index is 0.0237. The van der Waals surface area contributed by atoms with E-state index in [2.05, 4.69) is 15.0 Å². The Kier molecular flexibility index (Phi) is 5.78. The van der Waals surface area contributed by atoms with Gasteiger partial charge in [-0.3, -0.25) is 4.79 Å². The van der Waals surface area contributed by atoms with Crippen LogP contribution < -0.4 is 10.5 Å². The number of carbonyl (C=O) groups is 1. The highest BCUT2D eigenvalue weighted by Crippen LogP contribution is 2.14. The Labute approximate surface area is 138 Å². The summed E-state index contributed by atoms with van der Waals surface area (Å²) in [7, 11) is 2.84. The summed E-state index contributed by atoms with van der Waals surface area (Å²) >= 11 is 0. The van der Waals surface area contributed by atoms with Crippen LogP contribution in [0.1, 0.15) is 21.6 Å². The summed E-state index contributed by atoms with van der Waals surface area (Å²) in [5.41, 5.74) is 6.59. The molecule has 0 spiro atoms. The molecule has 0 radical (unpaired) electrons. The van der Waals surface area contributed by atoms with Crippen molar-refractivity contribution in [2.75, 3.05) is 14.2 Å². The van der Waals surface area contributed by atoms with Gasteiger partial charge >= 0.3 is 0 Å². The average molecular weight is 332 g/mol. The van der Waals surface area contributed by atoms with Crippen molar-refractivity contribution in [2.24, 2.45) is 10.7 Å². The summed E-state index contributed by atoms with van der Waals surface area (Å²) < 4.78 is 23.4. The maximum atomic E-state index is 13.8. The molecule has 0 aliphatic heterocycles. The lowest BCUT2D eigenvalue weighted by Gasteiger charge is -2.06. The summed E-state index contributed by atoms with van der Waals surface area (Å²) in [5, 5.41) is 0. The average Bonchev–Trinajstić information content (AvgIpc) is 2.61. The molecule has 24 heavy (non-hydrogen) atoms. The summed E-state index contributed by atoms with van der Waals surface area (Å²) in [4.78, 5) is 24.0. The highest BCUT2D eigenvalue weighted by molar-refractivity contribution is 5.95. The van der Waals surface area contributed by atoms with Crippen molar-refractivity contribution in [3.05, 3.63) is 53.2 Å². The van der Waals surface area contributed by atoms with Gasteiger partial charge in [-0.15, -0.1) is 0 Å². The van der Waals surface area contributed by atoms with Gasteiger partial charge in [0.1, 0.15) is 11.5 Å². The van der Waals surface area contributed by atoms with E-state index in [4.69, 9.17) is 15.2 Å². The van der Waals surface area contributed by atoms with Crippen LogP contribution in [0.2, 0.25) is 0 Å². The molecule has 0 aliphatic carbocycles. The molecule has 0 amide bonds. The predicted molar refractivity (Wildman–Crippen MR) is 85.4 cm³/mol. The van der Waals surface area contributed by atoms with Crippen molar-refractivity contribution >= 4 is 11.8 Å². The lowest BCUT2D eigenvalue weighted by atomic mass is 10.0. The SMILES string of the molecule is COC(N)=NCc1cc(CC(=O)c2cnc(OC)cn2)ccc1F. The molecule has 126 valence electrons. The van der Waals surface area contributed by atoms with Crippen LogP contribution in [0.4, 0.5) is 4.39 Å². The van der Waals surface area contributed by atoms with Crippen LogP contribution in [0.15, 0.2) is 35.6 Å². The van der Waals surface area contributed by atoms with Gasteiger partial charge in [0.05, 0.1) is 33.2 Å². The van der Waals surface area contributed by atoms with Crippen molar-refractivity contribution in [1.82, 2.24) is 9.97 Å². The number of aliphatic imine (C=N–C) groups is 1. The second-order valence-electron chi connectivity index (χ2n) is 4.83. The standard InChI is InChI=1S/C16H17FN4O3/c1-23-15-9-19-13(8-20-15)14(22)6-10-3-4-12(17)11(5-10)7-21-16(18)24-2/h3-5,8-9H,6-7H2,1-2H3,(H2,18,21). The van der Waals surface area contributed by atoms with E-state index in [-0.39, 0.29) is 30.5 Å². The van der Waals surface area contributed by atoms with E-state index < -0.39 is 5.82 Å². The zero-order valence-corrected chi connectivity index (χ0v) is 13.3. The number of halogens is 1. The van der Waals surface area contributed by atoms with E-state index in [9.17, 15) is 9.18 Å². The molecule has 0 bridgehead atoms. The molecule has 0 atom stereocenters. The fraction of sp³-hybridized carbons (Fsp3) is 0.250. The Morgan fingerprint density at radius 3 is 2.71 bits per heavy atom. The van der Waals surface area contributed by atoms with Crippen molar-refractivity contribution in [2.45, 2.75) is 13.0 Å². The number of amidine groups is 1. The third-order valence-corrected chi connectivity index (χ3v) is 3.21. The molecule has 0 saturated carbocycles. The first kappa shape index (κ1) is 17.3. The first-order valence-corrected chi connectivity index (χ1v) is 7.04. The largest absolute Gasteiger partial charge is 0.480 e.